The molecule has 0 fully saturated rings. The van der Waals surface area contributed by atoms with Gasteiger partial charge in [-0.25, -0.2) is 4.57 Å². The molecule has 1 N–H and O–H groups in total. The molecule has 2 unspecified atom stereocenters. The summed E-state index contributed by atoms with van der Waals surface area (Å²) in [7, 11) is 1.48. The van der Waals surface area contributed by atoms with Crippen molar-refractivity contribution in [3.8, 4) is 0 Å². The van der Waals surface area contributed by atoms with Gasteiger partial charge in [0.2, 0.25) is 0 Å². The van der Waals surface area contributed by atoms with E-state index in [2.05, 4.69) is 6.92 Å². The summed E-state index contributed by atoms with van der Waals surface area (Å²) in [5, 5.41) is 0. The Labute approximate surface area is 270 Å². The summed E-state index contributed by atoms with van der Waals surface area (Å²) in [4.78, 5) is 34.2. The number of ether oxygens (including phenoxy) is 2. The second kappa shape index (κ2) is 28.3. The van der Waals surface area contributed by atoms with Crippen molar-refractivity contribution in [1.82, 2.24) is 0 Å². The number of quaternary nitrogens is 1. The highest BCUT2D eigenvalue weighted by Gasteiger charge is 2.27. The molecule has 262 valence electrons. The highest BCUT2D eigenvalue weighted by Crippen LogP contribution is 2.43. The van der Waals surface area contributed by atoms with Gasteiger partial charge < -0.3 is 18.9 Å². The normalized spacial score (nSPS) is 13.9. The maximum absolute atomic E-state index is 12.4. The predicted octanol–water partition coefficient (Wildman–Crippen LogP) is 8.90. The maximum Gasteiger partial charge on any atom is 0.472 e. The summed E-state index contributed by atoms with van der Waals surface area (Å²) in [6.07, 6.45) is 24.6. The fourth-order valence-electron chi connectivity index (χ4n) is 4.82. The molecule has 0 bridgehead atoms. The van der Waals surface area contributed by atoms with Crippen LogP contribution in [0.1, 0.15) is 155 Å². The van der Waals surface area contributed by atoms with Gasteiger partial charge in [0.15, 0.2) is 6.10 Å². The van der Waals surface area contributed by atoms with Gasteiger partial charge in [-0.1, -0.05) is 129 Å². The molecule has 0 aliphatic carbocycles. The fourth-order valence-corrected chi connectivity index (χ4v) is 5.56. The smallest absolute Gasteiger partial charge is 0.462 e. The average molecular weight is 651 g/mol. The minimum atomic E-state index is -4.34. The first-order chi connectivity index (χ1) is 21.0. The summed E-state index contributed by atoms with van der Waals surface area (Å²) in [5.74, 6) is -0.852. The SMILES string of the molecule is CCCCCCCCCCCCCCCCCCCCCC(=O)OC(COC(=O)CCC)COP(=O)(O)OCC[N+](C)(C)C. The van der Waals surface area contributed by atoms with Gasteiger partial charge in [0, 0.05) is 12.8 Å². The number of rotatable bonds is 32. The molecule has 0 aromatic carbocycles. The van der Waals surface area contributed by atoms with Crippen LogP contribution in [0.5, 0.6) is 0 Å². The van der Waals surface area contributed by atoms with E-state index in [0.29, 0.717) is 23.9 Å². The van der Waals surface area contributed by atoms with E-state index in [4.69, 9.17) is 18.5 Å². The molecule has 2 atom stereocenters. The molecule has 0 aliphatic rings. The van der Waals surface area contributed by atoms with Crippen molar-refractivity contribution in [2.24, 2.45) is 0 Å². The van der Waals surface area contributed by atoms with E-state index >= 15 is 0 Å². The van der Waals surface area contributed by atoms with E-state index in [1.54, 1.807) is 0 Å². The third-order valence-corrected chi connectivity index (χ3v) is 8.59. The van der Waals surface area contributed by atoms with Gasteiger partial charge >= 0.3 is 19.8 Å². The lowest BCUT2D eigenvalue weighted by molar-refractivity contribution is -0.870. The van der Waals surface area contributed by atoms with Gasteiger partial charge in [-0.05, 0) is 12.8 Å². The van der Waals surface area contributed by atoms with Crippen LogP contribution in [-0.2, 0) is 32.7 Å². The lowest BCUT2D eigenvalue weighted by Gasteiger charge is -2.24. The van der Waals surface area contributed by atoms with Crippen LogP contribution in [0.3, 0.4) is 0 Å². The number of carbonyl (C=O) groups excluding carboxylic acids is 2. The predicted molar refractivity (Wildman–Crippen MR) is 178 cm³/mol. The zero-order valence-electron chi connectivity index (χ0n) is 29.2. The minimum Gasteiger partial charge on any atom is -0.462 e. The van der Waals surface area contributed by atoms with Crippen molar-refractivity contribution < 1.29 is 42.1 Å². The number of hydrogen-bond acceptors (Lipinski definition) is 7. The topological polar surface area (TPSA) is 108 Å². The molecule has 0 aliphatic heterocycles. The molecular formula is C34H69NO8P+. The first-order valence-electron chi connectivity index (χ1n) is 17.8. The summed E-state index contributed by atoms with van der Waals surface area (Å²) >= 11 is 0. The van der Waals surface area contributed by atoms with Gasteiger partial charge in [-0.3, -0.25) is 18.6 Å². The lowest BCUT2D eigenvalue weighted by Crippen LogP contribution is -2.37. The quantitative estimate of drug-likeness (QED) is 0.0333. The standard InChI is InChI=1S/C34H68NO8P/c1-6-8-9-10-11-12-13-14-15-16-17-18-19-20-21-22-23-24-25-27-34(37)43-32(30-40-33(36)26-7-2)31-42-44(38,39)41-29-28-35(3,4)5/h32H,6-31H2,1-5H3/p+1. The Balaban J connectivity index is 3.99. The number of phosphoric acid groups is 1. The van der Waals surface area contributed by atoms with E-state index in [9.17, 15) is 19.0 Å². The van der Waals surface area contributed by atoms with Crippen LogP contribution < -0.4 is 0 Å². The van der Waals surface area contributed by atoms with Crippen molar-refractivity contribution in [2.75, 3.05) is 47.5 Å². The molecule has 44 heavy (non-hydrogen) atoms. The fraction of sp³-hybridized carbons (Fsp3) is 0.941. The Kier molecular flexibility index (Phi) is 27.6. The largest absolute Gasteiger partial charge is 0.472 e. The van der Waals surface area contributed by atoms with Crippen LogP contribution in [0.2, 0.25) is 0 Å². The van der Waals surface area contributed by atoms with Crippen molar-refractivity contribution in [3.63, 3.8) is 0 Å². The second-order valence-corrected chi connectivity index (χ2v) is 14.7. The van der Waals surface area contributed by atoms with Gasteiger partial charge in [0.25, 0.3) is 0 Å². The Morgan fingerprint density at radius 2 is 1.07 bits per heavy atom. The molecule has 0 heterocycles. The molecule has 0 aromatic rings. The van der Waals surface area contributed by atoms with Crippen LogP contribution >= 0.6 is 7.82 Å². The molecule has 0 rings (SSSR count). The zero-order chi connectivity index (χ0) is 32.9. The number of esters is 2. The van der Waals surface area contributed by atoms with E-state index in [-0.39, 0.29) is 26.1 Å². The average Bonchev–Trinajstić information content (AvgIpc) is 2.95. The van der Waals surface area contributed by atoms with Crippen LogP contribution in [0, 0.1) is 0 Å². The maximum atomic E-state index is 12.4. The minimum absolute atomic E-state index is 0.0343. The summed E-state index contributed by atoms with van der Waals surface area (Å²) in [5.41, 5.74) is 0. The highest BCUT2D eigenvalue weighted by atomic mass is 31.2. The van der Waals surface area contributed by atoms with Gasteiger partial charge in [-0.2, -0.15) is 0 Å². The summed E-state index contributed by atoms with van der Waals surface area (Å²) in [6.45, 7) is 4.04. The molecule has 10 heteroatoms. The van der Waals surface area contributed by atoms with E-state index in [1.807, 2.05) is 28.1 Å². The molecule has 9 nitrogen and oxygen atoms in total. The molecule has 0 radical (unpaired) electrons. The molecule has 0 amide bonds. The van der Waals surface area contributed by atoms with E-state index in [1.165, 1.54) is 103 Å². The van der Waals surface area contributed by atoms with Crippen molar-refractivity contribution in [2.45, 2.75) is 161 Å². The Morgan fingerprint density at radius 1 is 0.614 bits per heavy atom. The van der Waals surface area contributed by atoms with Crippen molar-refractivity contribution >= 4 is 19.8 Å². The molecule has 0 spiro atoms. The number of phosphoric ester groups is 1. The zero-order valence-corrected chi connectivity index (χ0v) is 30.1. The van der Waals surface area contributed by atoms with Crippen molar-refractivity contribution in [3.05, 3.63) is 0 Å². The molecule has 0 saturated carbocycles. The van der Waals surface area contributed by atoms with E-state index < -0.39 is 32.5 Å². The highest BCUT2D eigenvalue weighted by molar-refractivity contribution is 7.47. The monoisotopic (exact) mass is 650 g/mol. The van der Waals surface area contributed by atoms with Gasteiger partial charge in [0.1, 0.15) is 19.8 Å². The number of nitrogens with zero attached hydrogens (tertiary/aromatic N) is 1. The first-order valence-corrected chi connectivity index (χ1v) is 19.3. The van der Waals surface area contributed by atoms with Crippen LogP contribution in [0.4, 0.5) is 0 Å². The summed E-state index contributed by atoms with van der Waals surface area (Å²) < 4.78 is 33.5. The van der Waals surface area contributed by atoms with Crippen LogP contribution in [-0.4, -0.2) is 74.9 Å². The van der Waals surface area contributed by atoms with Crippen molar-refractivity contribution in [1.29, 1.82) is 0 Å². The summed E-state index contributed by atoms with van der Waals surface area (Å²) in [6, 6.07) is 0. The van der Waals surface area contributed by atoms with E-state index in [0.717, 1.165) is 12.8 Å². The Morgan fingerprint density at radius 3 is 1.50 bits per heavy atom. The number of carbonyl (C=O) groups is 2. The second-order valence-electron chi connectivity index (χ2n) is 13.3. The van der Waals surface area contributed by atoms with Crippen LogP contribution in [0.15, 0.2) is 0 Å². The number of hydrogen-bond donors (Lipinski definition) is 1. The Hall–Kier alpha value is -0.990. The Bertz CT molecular complexity index is 743. The van der Waals surface area contributed by atoms with Crippen LogP contribution in [0.25, 0.3) is 0 Å². The first kappa shape index (κ1) is 43.0. The lowest BCUT2D eigenvalue weighted by atomic mass is 10.0. The third kappa shape index (κ3) is 31.0. The molecule has 0 aromatic heterocycles. The third-order valence-electron chi connectivity index (χ3n) is 7.61. The molecular weight excluding hydrogens is 581 g/mol. The molecule has 0 saturated heterocycles. The van der Waals surface area contributed by atoms with Gasteiger partial charge in [-0.15, -0.1) is 0 Å². The van der Waals surface area contributed by atoms with Gasteiger partial charge in [0.05, 0.1) is 27.7 Å². The number of likely N-dealkylation sites (N-methyl/N-ethyl adjacent to an activating group) is 1. The number of unbranched alkanes of at least 4 members (excludes halogenated alkanes) is 18.